The molecule has 2 aliphatic rings. The summed E-state index contributed by atoms with van der Waals surface area (Å²) in [5.41, 5.74) is 7.91. The summed E-state index contributed by atoms with van der Waals surface area (Å²) in [6, 6.07) is 11.3. The number of rotatable bonds is 7. The highest BCUT2D eigenvalue weighted by Crippen LogP contribution is 2.44. The third-order valence-corrected chi connectivity index (χ3v) is 8.83. The molecule has 1 aromatic heterocycles. The number of thiophene rings is 1. The van der Waals surface area contributed by atoms with Crippen LogP contribution in [0.15, 0.2) is 74.8 Å². The van der Waals surface area contributed by atoms with Gasteiger partial charge in [-0.05, 0) is 60.3 Å². The predicted molar refractivity (Wildman–Crippen MR) is 150 cm³/mol. The SMILES string of the molecule is Cc1ccccc1NC(=O)C1C(c2cccs2)C(N)=C(SCC(=O)NC2=CC=C(Br)CC2)NC1(C)O. The number of carbonyl (C=O) groups is 2. The largest absolute Gasteiger partial charge is 0.399 e. The van der Waals surface area contributed by atoms with Crippen LogP contribution in [0.1, 0.15) is 36.1 Å². The van der Waals surface area contributed by atoms with Crippen LogP contribution >= 0.6 is 39.0 Å². The molecule has 2 heterocycles. The van der Waals surface area contributed by atoms with Crippen molar-refractivity contribution in [3.05, 3.63) is 85.3 Å². The Morgan fingerprint density at radius 3 is 2.67 bits per heavy atom. The molecule has 6 N–H and O–H groups in total. The molecule has 7 nitrogen and oxygen atoms in total. The van der Waals surface area contributed by atoms with Gasteiger partial charge in [0.15, 0.2) is 0 Å². The van der Waals surface area contributed by atoms with E-state index in [1.165, 1.54) is 23.1 Å². The van der Waals surface area contributed by atoms with Crippen molar-refractivity contribution in [3.8, 4) is 0 Å². The minimum Gasteiger partial charge on any atom is -0.399 e. The Labute approximate surface area is 227 Å². The number of halogens is 1. The number of nitrogens with two attached hydrogens (primary N) is 1. The molecule has 36 heavy (non-hydrogen) atoms. The van der Waals surface area contributed by atoms with Crippen molar-refractivity contribution >= 4 is 56.5 Å². The predicted octanol–water partition coefficient (Wildman–Crippen LogP) is 4.64. The second-order valence-corrected chi connectivity index (χ2v) is 12.0. The number of aliphatic hydroxyl groups is 1. The number of thioether (sulfide) groups is 1. The average molecular weight is 590 g/mol. The molecule has 0 radical (unpaired) electrons. The number of allylic oxidation sites excluding steroid dienone is 5. The minimum atomic E-state index is -1.61. The standard InChI is InChI=1S/C26H29BrN4O3S2/c1-15-6-3-4-7-18(15)30-24(33)22-21(19-8-5-13-35-19)23(28)25(31-26(22,2)34)36-14-20(32)29-17-11-9-16(27)10-12-17/h3-9,11,13,21-22,31,34H,10,12,14,28H2,1-2H3,(H,29,32)(H,30,33). The van der Waals surface area contributed by atoms with Crippen molar-refractivity contribution in [2.45, 2.75) is 38.3 Å². The second kappa shape index (κ2) is 11.2. The smallest absolute Gasteiger partial charge is 0.234 e. The van der Waals surface area contributed by atoms with Crippen molar-refractivity contribution in [1.29, 1.82) is 0 Å². The Morgan fingerprint density at radius 1 is 1.22 bits per heavy atom. The van der Waals surface area contributed by atoms with Crippen molar-refractivity contribution < 1.29 is 14.7 Å². The Balaban J connectivity index is 1.56. The van der Waals surface area contributed by atoms with Gasteiger partial charge >= 0.3 is 0 Å². The van der Waals surface area contributed by atoms with Gasteiger partial charge in [0.25, 0.3) is 0 Å². The van der Waals surface area contributed by atoms with E-state index in [-0.39, 0.29) is 17.6 Å². The van der Waals surface area contributed by atoms with Crippen LogP contribution in [0.2, 0.25) is 0 Å². The molecule has 190 valence electrons. The number of hydrogen-bond donors (Lipinski definition) is 5. The molecule has 0 saturated carbocycles. The van der Waals surface area contributed by atoms with E-state index < -0.39 is 17.6 Å². The molecule has 3 atom stereocenters. The van der Waals surface area contributed by atoms with Gasteiger partial charge in [-0.25, -0.2) is 0 Å². The zero-order valence-electron chi connectivity index (χ0n) is 20.0. The lowest BCUT2D eigenvalue weighted by molar-refractivity contribution is -0.132. The lowest BCUT2D eigenvalue weighted by atomic mass is 9.78. The molecular weight excluding hydrogens is 560 g/mol. The number of aryl methyl sites for hydroxylation is 1. The molecule has 1 aliphatic heterocycles. The number of carbonyl (C=O) groups excluding carboxylic acids is 2. The van der Waals surface area contributed by atoms with E-state index >= 15 is 0 Å². The summed E-state index contributed by atoms with van der Waals surface area (Å²) in [4.78, 5) is 27.0. The number of nitrogens with one attached hydrogen (secondary N) is 3. The van der Waals surface area contributed by atoms with Crippen molar-refractivity contribution in [1.82, 2.24) is 10.6 Å². The van der Waals surface area contributed by atoms with Crippen LogP contribution in [0, 0.1) is 12.8 Å². The van der Waals surface area contributed by atoms with Gasteiger partial charge in [-0.3, -0.25) is 9.59 Å². The summed E-state index contributed by atoms with van der Waals surface area (Å²) >= 11 is 6.16. The van der Waals surface area contributed by atoms with Crippen LogP contribution in [0.5, 0.6) is 0 Å². The molecule has 0 spiro atoms. The Morgan fingerprint density at radius 2 is 2.00 bits per heavy atom. The summed E-state index contributed by atoms with van der Waals surface area (Å²) in [5.74, 6) is -1.84. The van der Waals surface area contributed by atoms with E-state index in [2.05, 4.69) is 31.9 Å². The fourth-order valence-corrected chi connectivity index (χ4v) is 6.46. The van der Waals surface area contributed by atoms with E-state index in [1.54, 1.807) is 6.92 Å². The Kier molecular flexibility index (Phi) is 8.29. The molecule has 2 aromatic rings. The van der Waals surface area contributed by atoms with Crippen LogP contribution in [0.3, 0.4) is 0 Å². The topological polar surface area (TPSA) is 116 Å². The maximum atomic E-state index is 13.5. The van der Waals surface area contributed by atoms with Gasteiger partial charge in [0.2, 0.25) is 11.8 Å². The minimum absolute atomic E-state index is 0.110. The van der Waals surface area contributed by atoms with Gasteiger partial charge in [-0.2, -0.15) is 0 Å². The summed E-state index contributed by atoms with van der Waals surface area (Å²) in [7, 11) is 0. The van der Waals surface area contributed by atoms with E-state index in [1.807, 2.05) is 60.9 Å². The summed E-state index contributed by atoms with van der Waals surface area (Å²) in [5, 5.41) is 22.8. The van der Waals surface area contributed by atoms with E-state index in [0.717, 1.165) is 33.5 Å². The Bertz CT molecular complexity index is 1240. The number of para-hydroxylation sites is 1. The maximum absolute atomic E-state index is 13.5. The molecule has 10 heteroatoms. The van der Waals surface area contributed by atoms with Crippen LogP contribution in [0.25, 0.3) is 0 Å². The van der Waals surface area contributed by atoms with Crippen molar-refractivity contribution in [2.24, 2.45) is 11.7 Å². The first kappa shape index (κ1) is 26.5. The molecule has 3 unspecified atom stereocenters. The lowest BCUT2D eigenvalue weighted by Crippen LogP contribution is -2.58. The normalized spacial score (nSPS) is 23.9. The average Bonchev–Trinajstić information content (AvgIpc) is 3.36. The second-order valence-electron chi connectivity index (χ2n) is 8.97. The van der Waals surface area contributed by atoms with E-state index in [0.29, 0.717) is 16.4 Å². The summed E-state index contributed by atoms with van der Waals surface area (Å²) < 4.78 is 1.10. The first-order valence-corrected chi connectivity index (χ1v) is 14.2. The number of hydrogen-bond acceptors (Lipinski definition) is 7. The van der Waals surface area contributed by atoms with Gasteiger partial charge < -0.3 is 26.8 Å². The van der Waals surface area contributed by atoms with Gasteiger partial charge in [-0.15, -0.1) is 11.3 Å². The number of benzene rings is 1. The van der Waals surface area contributed by atoms with Gasteiger partial charge in [0.05, 0.1) is 22.6 Å². The molecule has 4 rings (SSSR count). The highest BCUT2D eigenvalue weighted by molar-refractivity contribution is 9.11. The lowest BCUT2D eigenvalue weighted by Gasteiger charge is -2.43. The number of anilines is 1. The first-order chi connectivity index (χ1) is 17.2. The van der Waals surface area contributed by atoms with Crippen molar-refractivity contribution in [2.75, 3.05) is 11.1 Å². The van der Waals surface area contributed by atoms with Gasteiger partial charge in [-0.1, -0.05) is 58.0 Å². The third kappa shape index (κ3) is 6.05. The van der Waals surface area contributed by atoms with Crippen LogP contribution in [-0.2, 0) is 9.59 Å². The Hall–Kier alpha value is -2.53. The molecule has 0 bridgehead atoms. The zero-order chi connectivity index (χ0) is 25.9. The fourth-order valence-electron chi connectivity index (χ4n) is 4.33. The maximum Gasteiger partial charge on any atom is 0.234 e. The molecular formula is C26H29BrN4O3S2. The quantitative estimate of drug-likeness (QED) is 0.322. The van der Waals surface area contributed by atoms with Gasteiger partial charge in [0, 0.05) is 22.0 Å². The van der Waals surface area contributed by atoms with Crippen molar-refractivity contribution in [3.63, 3.8) is 0 Å². The third-order valence-electron chi connectivity index (χ3n) is 6.18. The number of amides is 2. The molecule has 0 fully saturated rings. The molecule has 2 amide bonds. The van der Waals surface area contributed by atoms with Crippen LogP contribution in [0.4, 0.5) is 5.69 Å². The highest BCUT2D eigenvalue weighted by atomic mass is 79.9. The monoisotopic (exact) mass is 588 g/mol. The van der Waals surface area contributed by atoms with Gasteiger partial charge in [0.1, 0.15) is 5.72 Å². The van der Waals surface area contributed by atoms with Crippen LogP contribution < -0.4 is 21.7 Å². The molecule has 0 saturated heterocycles. The molecule has 1 aliphatic carbocycles. The summed E-state index contributed by atoms with van der Waals surface area (Å²) in [6.45, 7) is 3.48. The van der Waals surface area contributed by atoms with E-state index in [4.69, 9.17) is 5.73 Å². The summed E-state index contributed by atoms with van der Waals surface area (Å²) in [6.07, 6.45) is 5.41. The highest BCUT2D eigenvalue weighted by Gasteiger charge is 2.49. The van der Waals surface area contributed by atoms with E-state index in [9.17, 15) is 14.7 Å². The fraction of sp³-hybridized carbons (Fsp3) is 0.308. The molecule has 1 aromatic carbocycles. The first-order valence-electron chi connectivity index (χ1n) is 11.5. The van der Waals surface area contributed by atoms with Crippen LogP contribution in [-0.4, -0.2) is 28.4 Å². The zero-order valence-corrected chi connectivity index (χ0v) is 23.2.